The van der Waals surface area contributed by atoms with Gasteiger partial charge in [-0.1, -0.05) is 27.7 Å². The third-order valence-electron chi connectivity index (χ3n) is 2.53. The van der Waals surface area contributed by atoms with E-state index in [1.807, 2.05) is 27.7 Å². The average Bonchev–Trinajstić information content (AvgIpc) is 2.25. The number of aliphatic carboxylic acids is 1. The van der Waals surface area contributed by atoms with Crippen LogP contribution >= 0.6 is 0 Å². The molecule has 0 aliphatic rings. The molecule has 0 saturated heterocycles. The second-order valence-electron chi connectivity index (χ2n) is 5.31. The summed E-state index contributed by atoms with van der Waals surface area (Å²) in [5.74, 6) is 0.417. The van der Waals surface area contributed by atoms with Crippen molar-refractivity contribution in [3.8, 4) is 0 Å². The number of nitrogens with zero attached hydrogens (tertiary/aromatic N) is 2. The van der Waals surface area contributed by atoms with E-state index in [-0.39, 0.29) is 23.9 Å². The summed E-state index contributed by atoms with van der Waals surface area (Å²) < 4.78 is 0. The average molecular weight is 267 g/mol. The highest BCUT2D eigenvalue weighted by Gasteiger charge is 2.16. The predicted molar refractivity (Wildman–Crippen MR) is 73.6 cm³/mol. The third-order valence-corrected chi connectivity index (χ3v) is 2.53. The van der Waals surface area contributed by atoms with Gasteiger partial charge >= 0.3 is 5.97 Å². The second kappa shape index (κ2) is 6.36. The molecule has 1 rings (SSSR count). The molecule has 0 amide bonds. The number of H-pyrrole nitrogens is 1. The molecular weight excluding hydrogens is 246 g/mol. The van der Waals surface area contributed by atoms with E-state index >= 15 is 0 Å². The zero-order valence-electron chi connectivity index (χ0n) is 11.8. The zero-order chi connectivity index (χ0) is 14.6. The van der Waals surface area contributed by atoms with Crippen LogP contribution in [0, 0.1) is 5.92 Å². The normalized spacial score (nSPS) is 11.1. The SMILES string of the molecule is CC(C)CN(CC(=O)O)c1cc(=O)[nH]c(C(C)C)n1. The summed E-state index contributed by atoms with van der Waals surface area (Å²) in [6.07, 6.45) is 0. The Labute approximate surface area is 112 Å². The number of nitrogens with one attached hydrogen (secondary N) is 1. The highest BCUT2D eigenvalue weighted by Crippen LogP contribution is 2.14. The highest BCUT2D eigenvalue weighted by molar-refractivity contribution is 5.73. The van der Waals surface area contributed by atoms with Crippen LogP contribution in [-0.2, 0) is 4.79 Å². The molecule has 0 atom stereocenters. The Hall–Kier alpha value is -1.85. The fourth-order valence-corrected chi connectivity index (χ4v) is 1.74. The molecule has 1 aromatic heterocycles. The standard InChI is InChI=1S/C13H21N3O3/c1-8(2)6-16(7-12(18)19)10-5-11(17)15-13(14-10)9(3)4/h5,8-9H,6-7H2,1-4H3,(H,18,19)(H,14,15,17). The minimum Gasteiger partial charge on any atom is -0.480 e. The van der Waals surface area contributed by atoms with Crippen molar-refractivity contribution in [3.05, 3.63) is 22.2 Å². The molecular formula is C13H21N3O3. The molecule has 0 spiro atoms. The van der Waals surface area contributed by atoms with Gasteiger partial charge in [-0.2, -0.15) is 0 Å². The van der Waals surface area contributed by atoms with Crippen LogP contribution in [0.3, 0.4) is 0 Å². The lowest BCUT2D eigenvalue weighted by Gasteiger charge is -2.24. The van der Waals surface area contributed by atoms with Gasteiger partial charge in [0.05, 0.1) is 0 Å². The number of aromatic amines is 1. The van der Waals surface area contributed by atoms with Crippen molar-refractivity contribution in [3.63, 3.8) is 0 Å². The molecule has 0 bridgehead atoms. The van der Waals surface area contributed by atoms with Crippen LogP contribution in [0.5, 0.6) is 0 Å². The van der Waals surface area contributed by atoms with Gasteiger partial charge in [0.1, 0.15) is 18.2 Å². The first kappa shape index (κ1) is 15.2. The van der Waals surface area contributed by atoms with Gasteiger partial charge < -0.3 is 15.0 Å². The van der Waals surface area contributed by atoms with Gasteiger partial charge in [-0.3, -0.25) is 9.59 Å². The molecule has 19 heavy (non-hydrogen) atoms. The zero-order valence-corrected chi connectivity index (χ0v) is 11.8. The predicted octanol–water partition coefficient (Wildman–Crippen LogP) is 1.44. The summed E-state index contributed by atoms with van der Waals surface area (Å²) in [5, 5.41) is 8.95. The third kappa shape index (κ3) is 4.73. The number of hydrogen-bond donors (Lipinski definition) is 2. The minimum atomic E-state index is -0.936. The van der Waals surface area contributed by atoms with Gasteiger partial charge in [-0.25, -0.2) is 4.98 Å². The van der Waals surface area contributed by atoms with Gasteiger partial charge in [0.15, 0.2) is 0 Å². The van der Waals surface area contributed by atoms with Crippen molar-refractivity contribution < 1.29 is 9.90 Å². The Bertz CT molecular complexity index is 494. The topological polar surface area (TPSA) is 86.3 Å². The number of anilines is 1. The molecule has 6 heteroatoms. The van der Waals surface area contributed by atoms with Gasteiger partial charge in [0.2, 0.25) is 0 Å². The Morgan fingerprint density at radius 1 is 1.42 bits per heavy atom. The van der Waals surface area contributed by atoms with Gasteiger partial charge in [0.25, 0.3) is 5.56 Å². The van der Waals surface area contributed by atoms with E-state index in [2.05, 4.69) is 9.97 Å². The maximum Gasteiger partial charge on any atom is 0.323 e. The monoisotopic (exact) mass is 267 g/mol. The van der Waals surface area contributed by atoms with E-state index in [1.165, 1.54) is 6.07 Å². The van der Waals surface area contributed by atoms with Crippen LogP contribution < -0.4 is 10.5 Å². The molecule has 0 fully saturated rings. The van der Waals surface area contributed by atoms with Crippen LogP contribution in [-0.4, -0.2) is 34.1 Å². The molecule has 0 aliphatic heterocycles. The molecule has 0 saturated carbocycles. The van der Waals surface area contributed by atoms with Crippen LogP contribution in [0.2, 0.25) is 0 Å². The van der Waals surface area contributed by atoms with Crippen LogP contribution in [0.1, 0.15) is 39.4 Å². The van der Waals surface area contributed by atoms with Crippen LogP contribution in [0.25, 0.3) is 0 Å². The molecule has 0 aromatic carbocycles. The Balaban J connectivity index is 3.13. The van der Waals surface area contributed by atoms with Crippen molar-refractivity contribution in [1.29, 1.82) is 0 Å². The summed E-state index contributed by atoms with van der Waals surface area (Å²) in [6, 6.07) is 1.34. The van der Waals surface area contributed by atoms with Crippen molar-refractivity contribution in [2.24, 2.45) is 5.92 Å². The van der Waals surface area contributed by atoms with Crippen molar-refractivity contribution in [2.75, 3.05) is 18.0 Å². The van der Waals surface area contributed by atoms with Gasteiger partial charge in [0, 0.05) is 18.5 Å². The lowest BCUT2D eigenvalue weighted by atomic mass is 10.2. The lowest BCUT2D eigenvalue weighted by molar-refractivity contribution is -0.135. The first-order valence-corrected chi connectivity index (χ1v) is 6.37. The van der Waals surface area contributed by atoms with Crippen molar-refractivity contribution in [1.82, 2.24) is 9.97 Å². The smallest absolute Gasteiger partial charge is 0.323 e. The summed E-state index contributed by atoms with van der Waals surface area (Å²) in [5.41, 5.74) is -0.257. The molecule has 1 heterocycles. The van der Waals surface area contributed by atoms with E-state index in [9.17, 15) is 9.59 Å². The van der Waals surface area contributed by atoms with E-state index in [0.29, 0.717) is 18.2 Å². The first-order chi connectivity index (χ1) is 8.79. The largest absolute Gasteiger partial charge is 0.480 e. The Morgan fingerprint density at radius 2 is 2.05 bits per heavy atom. The van der Waals surface area contributed by atoms with Gasteiger partial charge in [-0.05, 0) is 5.92 Å². The number of aromatic nitrogens is 2. The Kier molecular flexibility index (Phi) is 5.09. The maximum atomic E-state index is 11.6. The minimum absolute atomic E-state index is 0.0818. The number of carboxylic acid groups (broad SMARTS) is 1. The molecule has 106 valence electrons. The molecule has 0 unspecified atom stereocenters. The number of rotatable bonds is 6. The molecule has 0 radical (unpaired) electrons. The number of carbonyl (C=O) groups is 1. The molecule has 2 N–H and O–H groups in total. The first-order valence-electron chi connectivity index (χ1n) is 6.37. The summed E-state index contributed by atoms with van der Waals surface area (Å²) >= 11 is 0. The lowest BCUT2D eigenvalue weighted by Crippen LogP contribution is -2.34. The quantitative estimate of drug-likeness (QED) is 0.814. The number of hydrogen-bond acceptors (Lipinski definition) is 4. The summed E-state index contributed by atoms with van der Waals surface area (Å²) in [7, 11) is 0. The maximum absolute atomic E-state index is 11.6. The molecule has 1 aromatic rings. The van der Waals surface area contributed by atoms with Crippen LogP contribution in [0.4, 0.5) is 5.82 Å². The van der Waals surface area contributed by atoms with E-state index in [4.69, 9.17) is 5.11 Å². The van der Waals surface area contributed by atoms with E-state index in [0.717, 1.165) is 0 Å². The fourth-order valence-electron chi connectivity index (χ4n) is 1.74. The summed E-state index contributed by atoms with van der Waals surface area (Å²) in [4.78, 5) is 31.2. The highest BCUT2D eigenvalue weighted by atomic mass is 16.4. The summed E-state index contributed by atoms with van der Waals surface area (Å²) in [6.45, 7) is 8.21. The number of carboxylic acids is 1. The van der Waals surface area contributed by atoms with Crippen molar-refractivity contribution in [2.45, 2.75) is 33.6 Å². The van der Waals surface area contributed by atoms with E-state index < -0.39 is 5.97 Å². The van der Waals surface area contributed by atoms with E-state index in [1.54, 1.807) is 4.90 Å². The molecule has 6 nitrogen and oxygen atoms in total. The Morgan fingerprint density at radius 3 is 2.53 bits per heavy atom. The van der Waals surface area contributed by atoms with Crippen LogP contribution in [0.15, 0.2) is 10.9 Å². The fraction of sp³-hybridized carbons (Fsp3) is 0.615. The van der Waals surface area contributed by atoms with Gasteiger partial charge in [-0.15, -0.1) is 0 Å². The van der Waals surface area contributed by atoms with Crippen molar-refractivity contribution >= 4 is 11.8 Å². The molecule has 0 aliphatic carbocycles. The second-order valence-corrected chi connectivity index (χ2v) is 5.31.